The van der Waals surface area contributed by atoms with Gasteiger partial charge in [-0.3, -0.25) is 4.79 Å². The summed E-state index contributed by atoms with van der Waals surface area (Å²) in [6.45, 7) is 1.07. The minimum Gasteiger partial charge on any atom is -0.385 e. The highest BCUT2D eigenvalue weighted by Gasteiger charge is 2.19. The van der Waals surface area contributed by atoms with Crippen LogP contribution in [-0.2, 0) is 26.0 Å². The maximum Gasteiger partial charge on any atom is 0.235 e. The molecule has 6 nitrogen and oxygen atoms in total. The summed E-state index contributed by atoms with van der Waals surface area (Å²) >= 11 is 0. The predicted molar refractivity (Wildman–Crippen MR) is 86.1 cm³/mol. The Kier molecular flexibility index (Phi) is 8.08. The van der Waals surface area contributed by atoms with Crippen LogP contribution in [0.4, 0.5) is 0 Å². The van der Waals surface area contributed by atoms with E-state index in [9.17, 15) is 13.2 Å². The van der Waals surface area contributed by atoms with Gasteiger partial charge in [0.1, 0.15) is 0 Å². The molecule has 0 fully saturated rings. The van der Waals surface area contributed by atoms with Crippen molar-refractivity contribution >= 4 is 15.9 Å². The van der Waals surface area contributed by atoms with Gasteiger partial charge in [-0.15, -0.1) is 0 Å². The molecule has 0 aliphatic heterocycles. The molecule has 1 aromatic carbocycles. The van der Waals surface area contributed by atoms with Gasteiger partial charge < -0.3 is 10.1 Å². The Balaban J connectivity index is 2.39. The van der Waals surface area contributed by atoms with Crippen molar-refractivity contribution in [1.82, 2.24) is 9.62 Å². The molecule has 1 amide bonds. The van der Waals surface area contributed by atoms with Crippen molar-refractivity contribution in [3.05, 3.63) is 35.9 Å². The Morgan fingerprint density at radius 1 is 1.27 bits per heavy atom. The smallest absolute Gasteiger partial charge is 0.235 e. The third kappa shape index (κ3) is 7.53. The zero-order valence-electron chi connectivity index (χ0n) is 13.1. The van der Waals surface area contributed by atoms with E-state index < -0.39 is 10.0 Å². The predicted octanol–water partition coefficient (Wildman–Crippen LogP) is 0.643. The molecule has 0 radical (unpaired) electrons. The lowest BCUT2D eigenvalue weighted by atomic mass is 10.1. The number of hydrogen-bond acceptors (Lipinski definition) is 4. The minimum absolute atomic E-state index is 0.155. The molecule has 0 saturated heterocycles. The van der Waals surface area contributed by atoms with Crippen LogP contribution in [0.3, 0.4) is 0 Å². The van der Waals surface area contributed by atoms with Crippen LogP contribution in [-0.4, -0.2) is 58.2 Å². The average Bonchev–Trinajstić information content (AvgIpc) is 2.46. The fraction of sp³-hybridized carbons (Fsp3) is 0.533. The molecule has 1 aromatic rings. The van der Waals surface area contributed by atoms with Gasteiger partial charge in [-0.05, 0) is 18.4 Å². The molecule has 0 aliphatic carbocycles. The van der Waals surface area contributed by atoms with Crippen LogP contribution < -0.4 is 5.32 Å². The molecule has 22 heavy (non-hydrogen) atoms. The molecule has 0 bridgehead atoms. The lowest BCUT2D eigenvalue weighted by Gasteiger charge is -2.19. The first-order chi connectivity index (χ1) is 10.4. The van der Waals surface area contributed by atoms with Crippen LogP contribution in [0.5, 0.6) is 0 Å². The molecule has 7 heteroatoms. The fourth-order valence-corrected chi connectivity index (χ4v) is 2.77. The summed E-state index contributed by atoms with van der Waals surface area (Å²) in [6, 6.07) is 9.79. The maximum absolute atomic E-state index is 11.9. The molecule has 124 valence electrons. The third-order valence-electron chi connectivity index (χ3n) is 3.12. The number of sulfonamides is 1. The number of nitrogens with zero attached hydrogens (tertiary/aromatic N) is 1. The Morgan fingerprint density at radius 3 is 2.55 bits per heavy atom. The van der Waals surface area contributed by atoms with Crippen LogP contribution in [0.25, 0.3) is 0 Å². The van der Waals surface area contributed by atoms with E-state index in [0.29, 0.717) is 19.6 Å². The first-order valence-corrected chi connectivity index (χ1v) is 9.03. The summed E-state index contributed by atoms with van der Waals surface area (Å²) in [6.07, 6.45) is 2.38. The van der Waals surface area contributed by atoms with Crippen molar-refractivity contribution in [2.75, 3.05) is 39.6 Å². The number of methoxy groups -OCH3 is 1. The number of benzene rings is 1. The number of carbonyl (C=O) groups excluding carboxylic acids is 1. The molecule has 0 heterocycles. The summed E-state index contributed by atoms with van der Waals surface area (Å²) in [5.74, 6) is -0.293. The first-order valence-electron chi connectivity index (χ1n) is 7.18. The van der Waals surface area contributed by atoms with Gasteiger partial charge in [0, 0.05) is 26.8 Å². The SMILES string of the molecule is COCCCN(CC(=O)NCCc1ccccc1)S(C)(=O)=O. The van der Waals surface area contributed by atoms with E-state index in [1.165, 1.54) is 4.31 Å². The quantitative estimate of drug-likeness (QED) is 0.640. The summed E-state index contributed by atoms with van der Waals surface area (Å²) in [4.78, 5) is 11.9. The summed E-state index contributed by atoms with van der Waals surface area (Å²) in [5, 5.41) is 2.75. The van der Waals surface area contributed by atoms with Gasteiger partial charge >= 0.3 is 0 Å². The van der Waals surface area contributed by atoms with Gasteiger partial charge in [0.05, 0.1) is 12.8 Å². The number of ether oxygens (including phenoxy) is 1. The highest BCUT2D eigenvalue weighted by Crippen LogP contribution is 2.01. The number of hydrogen-bond donors (Lipinski definition) is 1. The van der Waals surface area contributed by atoms with Gasteiger partial charge in [-0.2, -0.15) is 4.31 Å². The lowest BCUT2D eigenvalue weighted by Crippen LogP contribution is -2.41. The second-order valence-electron chi connectivity index (χ2n) is 5.03. The molecule has 0 atom stereocenters. The fourth-order valence-electron chi connectivity index (χ4n) is 1.95. The van der Waals surface area contributed by atoms with E-state index in [1.807, 2.05) is 30.3 Å². The largest absolute Gasteiger partial charge is 0.385 e. The van der Waals surface area contributed by atoms with E-state index in [1.54, 1.807) is 7.11 Å². The van der Waals surface area contributed by atoms with Crippen LogP contribution in [0.2, 0.25) is 0 Å². The molecule has 1 rings (SSSR count). The average molecular weight is 328 g/mol. The van der Waals surface area contributed by atoms with E-state index in [4.69, 9.17) is 4.74 Å². The van der Waals surface area contributed by atoms with E-state index in [2.05, 4.69) is 5.32 Å². The summed E-state index contributed by atoms with van der Waals surface area (Å²) in [5.41, 5.74) is 1.13. The standard InChI is InChI=1S/C15H24N2O4S/c1-21-12-6-11-17(22(2,19)20)13-15(18)16-10-9-14-7-4-3-5-8-14/h3-5,7-8H,6,9-13H2,1-2H3,(H,16,18). The molecular weight excluding hydrogens is 304 g/mol. The van der Waals surface area contributed by atoms with E-state index >= 15 is 0 Å². The van der Waals surface area contributed by atoms with Crippen LogP contribution >= 0.6 is 0 Å². The molecule has 0 aliphatic rings. The number of nitrogens with one attached hydrogen (secondary N) is 1. The molecule has 0 spiro atoms. The molecule has 0 unspecified atom stereocenters. The van der Waals surface area contributed by atoms with Crippen molar-refractivity contribution < 1.29 is 17.9 Å². The summed E-state index contributed by atoms with van der Waals surface area (Å²) < 4.78 is 29.4. The normalized spacial score (nSPS) is 11.6. The van der Waals surface area contributed by atoms with Gasteiger partial charge in [0.15, 0.2) is 0 Å². The minimum atomic E-state index is -3.40. The van der Waals surface area contributed by atoms with E-state index in [-0.39, 0.29) is 19.0 Å². The lowest BCUT2D eigenvalue weighted by molar-refractivity contribution is -0.121. The van der Waals surface area contributed by atoms with Crippen molar-refractivity contribution in [1.29, 1.82) is 0 Å². The highest BCUT2D eigenvalue weighted by molar-refractivity contribution is 7.88. The topological polar surface area (TPSA) is 75.7 Å². The second-order valence-corrected chi connectivity index (χ2v) is 7.01. The van der Waals surface area contributed by atoms with Crippen LogP contribution in [0.1, 0.15) is 12.0 Å². The Labute approximate surface area is 132 Å². The highest BCUT2D eigenvalue weighted by atomic mass is 32.2. The van der Waals surface area contributed by atoms with E-state index in [0.717, 1.165) is 18.2 Å². The third-order valence-corrected chi connectivity index (χ3v) is 4.37. The Bertz CT molecular complexity index is 546. The number of carbonyl (C=O) groups is 1. The van der Waals surface area contributed by atoms with Crippen molar-refractivity contribution in [3.63, 3.8) is 0 Å². The summed E-state index contributed by atoms with van der Waals surface area (Å²) in [7, 11) is -1.84. The molecule has 1 N–H and O–H groups in total. The second kappa shape index (κ2) is 9.55. The zero-order chi connectivity index (χ0) is 16.4. The number of rotatable bonds is 10. The Hall–Kier alpha value is -1.44. The van der Waals surface area contributed by atoms with Crippen molar-refractivity contribution in [2.24, 2.45) is 0 Å². The van der Waals surface area contributed by atoms with Gasteiger partial charge in [0.2, 0.25) is 15.9 Å². The van der Waals surface area contributed by atoms with Crippen molar-refractivity contribution in [3.8, 4) is 0 Å². The molecular formula is C15H24N2O4S. The van der Waals surface area contributed by atoms with Gasteiger partial charge in [0.25, 0.3) is 0 Å². The van der Waals surface area contributed by atoms with Crippen molar-refractivity contribution in [2.45, 2.75) is 12.8 Å². The van der Waals surface area contributed by atoms with Crippen LogP contribution in [0, 0.1) is 0 Å². The van der Waals surface area contributed by atoms with Crippen LogP contribution in [0.15, 0.2) is 30.3 Å². The van der Waals surface area contributed by atoms with Gasteiger partial charge in [-0.25, -0.2) is 8.42 Å². The van der Waals surface area contributed by atoms with Gasteiger partial charge in [-0.1, -0.05) is 30.3 Å². The molecule has 0 aromatic heterocycles. The molecule has 0 saturated carbocycles. The number of amides is 1. The first kappa shape index (κ1) is 18.6. The monoisotopic (exact) mass is 328 g/mol. The zero-order valence-corrected chi connectivity index (χ0v) is 13.9. The maximum atomic E-state index is 11.9. The Morgan fingerprint density at radius 2 is 1.95 bits per heavy atom.